The zero-order valence-corrected chi connectivity index (χ0v) is 15.7. The molecule has 2 N–H and O–H groups in total. The summed E-state index contributed by atoms with van der Waals surface area (Å²) in [5.74, 6) is 0.0508. The van der Waals surface area contributed by atoms with Crippen molar-refractivity contribution in [1.82, 2.24) is 20.4 Å². The molecule has 2 saturated heterocycles. The Morgan fingerprint density at radius 3 is 2.74 bits per heavy atom. The van der Waals surface area contributed by atoms with Crippen LogP contribution in [-0.4, -0.2) is 60.2 Å². The molecule has 4 rings (SSSR count). The largest absolute Gasteiger partial charge is 0.322 e. The van der Waals surface area contributed by atoms with Crippen molar-refractivity contribution in [3.8, 4) is 0 Å². The summed E-state index contributed by atoms with van der Waals surface area (Å²) in [5, 5.41) is 5.65. The van der Waals surface area contributed by atoms with Crippen LogP contribution in [0.1, 0.15) is 40.7 Å². The van der Waals surface area contributed by atoms with Crippen LogP contribution >= 0.6 is 0 Å². The Kier molecular flexibility index (Phi) is 4.97. The molecule has 1 aromatic rings. The van der Waals surface area contributed by atoms with E-state index in [2.05, 4.69) is 22.6 Å². The summed E-state index contributed by atoms with van der Waals surface area (Å²) in [4.78, 5) is 40.6. The molecule has 0 saturated carbocycles. The number of benzene rings is 1. The highest BCUT2D eigenvalue weighted by atomic mass is 16.2. The zero-order chi connectivity index (χ0) is 19.0. The fraction of sp³-hybridized carbons (Fsp3) is 0.550. The third kappa shape index (κ3) is 3.61. The van der Waals surface area contributed by atoms with Crippen molar-refractivity contribution >= 4 is 17.7 Å². The van der Waals surface area contributed by atoms with Crippen LogP contribution in [0.25, 0.3) is 0 Å². The first kappa shape index (κ1) is 18.1. The van der Waals surface area contributed by atoms with Gasteiger partial charge in [-0.2, -0.15) is 0 Å². The quantitative estimate of drug-likeness (QED) is 0.713. The molecule has 1 unspecified atom stereocenters. The molecule has 7 nitrogen and oxygen atoms in total. The minimum atomic E-state index is -0.556. The Bertz CT molecular complexity index is 774. The lowest BCUT2D eigenvalue weighted by molar-refractivity contribution is -0.136. The minimum absolute atomic E-state index is 0.0910. The van der Waals surface area contributed by atoms with Crippen LogP contribution in [0.4, 0.5) is 0 Å². The maximum absolute atomic E-state index is 13.1. The summed E-state index contributed by atoms with van der Waals surface area (Å²) in [6, 6.07) is 5.40. The molecule has 144 valence electrons. The number of hydrogen-bond acceptors (Lipinski definition) is 5. The highest BCUT2D eigenvalue weighted by Crippen LogP contribution is 2.30. The molecule has 1 aromatic carbocycles. The summed E-state index contributed by atoms with van der Waals surface area (Å²) in [6.07, 6.45) is 1.84. The van der Waals surface area contributed by atoms with Crippen molar-refractivity contribution in [2.45, 2.75) is 38.4 Å². The predicted molar refractivity (Wildman–Crippen MR) is 99.8 cm³/mol. The number of nitrogens with zero attached hydrogens (tertiary/aromatic N) is 2. The van der Waals surface area contributed by atoms with Crippen LogP contribution in [0.3, 0.4) is 0 Å². The second kappa shape index (κ2) is 7.40. The number of hydrogen-bond donors (Lipinski definition) is 2. The molecule has 27 heavy (non-hydrogen) atoms. The van der Waals surface area contributed by atoms with E-state index in [4.69, 9.17) is 0 Å². The molecule has 0 spiro atoms. The molecular formula is C20H26N4O3. The maximum atomic E-state index is 13.1. The standard InChI is InChI=1S/C20H26N4O3/c1-23(8-7-13-9-21-10-13)11-14-3-2-4-15-12-24(20(27)18(14)15)16-5-6-17(25)22-19(16)26/h2-4,13,16,21H,5-12H2,1H3,(H,22,25,26). The van der Waals surface area contributed by atoms with Crippen molar-refractivity contribution in [2.75, 3.05) is 26.7 Å². The number of imide groups is 1. The van der Waals surface area contributed by atoms with Crippen LogP contribution in [-0.2, 0) is 22.7 Å². The molecule has 0 radical (unpaired) electrons. The molecule has 0 aromatic heterocycles. The molecular weight excluding hydrogens is 344 g/mol. The molecule has 3 amide bonds. The van der Waals surface area contributed by atoms with Crippen LogP contribution in [0, 0.1) is 5.92 Å². The molecule has 3 heterocycles. The van der Waals surface area contributed by atoms with Crippen LogP contribution in [0.2, 0.25) is 0 Å². The van der Waals surface area contributed by atoms with Crippen molar-refractivity contribution < 1.29 is 14.4 Å². The average Bonchev–Trinajstić information content (AvgIpc) is 2.91. The molecule has 0 bridgehead atoms. The van der Waals surface area contributed by atoms with Crippen LogP contribution < -0.4 is 10.6 Å². The van der Waals surface area contributed by atoms with Crippen molar-refractivity contribution in [2.24, 2.45) is 5.92 Å². The molecule has 0 aliphatic carbocycles. The Balaban J connectivity index is 1.46. The van der Waals surface area contributed by atoms with E-state index in [0.717, 1.165) is 55.2 Å². The van der Waals surface area contributed by atoms with Gasteiger partial charge in [-0.05, 0) is 56.6 Å². The van der Waals surface area contributed by atoms with E-state index in [1.807, 2.05) is 18.2 Å². The lowest BCUT2D eigenvalue weighted by Crippen LogP contribution is -2.52. The van der Waals surface area contributed by atoms with Gasteiger partial charge < -0.3 is 15.1 Å². The lowest BCUT2D eigenvalue weighted by Gasteiger charge is -2.29. The van der Waals surface area contributed by atoms with Gasteiger partial charge in [-0.15, -0.1) is 0 Å². The van der Waals surface area contributed by atoms with Crippen LogP contribution in [0.15, 0.2) is 18.2 Å². The van der Waals surface area contributed by atoms with Crippen molar-refractivity contribution in [3.63, 3.8) is 0 Å². The summed E-state index contributed by atoms with van der Waals surface area (Å²) in [6.45, 7) is 4.37. The number of piperidine rings is 1. The molecule has 3 aliphatic rings. The fourth-order valence-corrected chi connectivity index (χ4v) is 4.15. The monoisotopic (exact) mass is 370 g/mol. The van der Waals surface area contributed by atoms with Crippen molar-refractivity contribution in [3.05, 3.63) is 34.9 Å². The average molecular weight is 370 g/mol. The molecule has 1 atom stereocenters. The molecule has 3 aliphatic heterocycles. The number of rotatable bonds is 6. The second-order valence-electron chi connectivity index (χ2n) is 7.90. The van der Waals surface area contributed by atoms with E-state index in [1.54, 1.807) is 4.90 Å². The van der Waals surface area contributed by atoms with Gasteiger partial charge in [0, 0.05) is 25.1 Å². The van der Waals surface area contributed by atoms with Crippen LogP contribution in [0.5, 0.6) is 0 Å². The first-order valence-corrected chi connectivity index (χ1v) is 9.67. The smallest absolute Gasteiger partial charge is 0.255 e. The van der Waals surface area contributed by atoms with E-state index in [1.165, 1.54) is 0 Å². The Morgan fingerprint density at radius 1 is 1.22 bits per heavy atom. The van der Waals surface area contributed by atoms with Gasteiger partial charge in [0.15, 0.2) is 0 Å². The van der Waals surface area contributed by atoms with E-state index < -0.39 is 6.04 Å². The first-order valence-electron chi connectivity index (χ1n) is 9.67. The molecule has 2 fully saturated rings. The summed E-state index contributed by atoms with van der Waals surface area (Å²) in [5.41, 5.74) is 2.72. The van der Waals surface area contributed by atoms with E-state index in [-0.39, 0.29) is 24.1 Å². The number of carbonyl (C=O) groups excluding carboxylic acids is 3. The number of nitrogens with one attached hydrogen (secondary N) is 2. The Hall–Kier alpha value is -2.25. The molecule has 7 heteroatoms. The van der Waals surface area contributed by atoms with E-state index >= 15 is 0 Å². The first-order chi connectivity index (χ1) is 13.0. The minimum Gasteiger partial charge on any atom is -0.322 e. The van der Waals surface area contributed by atoms with E-state index in [0.29, 0.717) is 13.0 Å². The van der Waals surface area contributed by atoms with Gasteiger partial charge in [0.2, 0.25) is 11.8 Å². The zero-order valence-electron chi connectivity index (χ0n) is 15.7. The number of fused-ring (bicyclic) bond motifs is 1. The van der Waals surface area contributed by atoms with Gasteiger partial charge in [0.25, 0.3) is 5.91 Å². The topological polar surface area (TPSA) is 81.8 Å². The summed E-state index contributed by atoms with van der Waals surface area (Å²) in [7, 11) is 2.09. The third-order valence-electron chi connectivity index (χ3n) is 5.86. The summed E-state index contributed by atoms with van der Waals surface area (Å²) >= 11 is 0. The predicted octanol–water partition coefficient (Wildman–Crippen LogP) is 0.489. The normalized spacial score (nSPS) is 22.8. The van der Waals surface area contributed by atoms with Gasteiger partial charge in [0.05, 0.1) is 0 Å². The Labute approximate surface area is 159 Å². The van der Waals surface area contributed by atoms with Gasteiger partial charge >= 0.3 is 0 Å². The van der Waals surface area contributed by atoms with Crippen molar-refractivity contribution in [1.29, 1.82) is 0 Å². The third-order valence-corrected chi connectivity index (χ3v) is 5.86. The number of carbonyl (C=O) groups is 3. The Morgan fingerprint density at radius 2 is 2.04 bits per heavy atom. The van der Waals surface area contributed by atoms with E-state index in [9.17, 15) is 14.4 Å². The van der Waals surface area contributed by atoms with Gasteiger partial charge in [-0.3, -0.25) is 19.7 Å². The van der Waals surface area contributed by atoms with Gasteiger partial charge in [-0.1, -0.05) is 18.2 Å². The van der Waals surface area contributed by atoms with Gasteiger partial charge in [-0.25, -0.2) is 0 Å². The van der Waals surface area contributed by atoms with Gasteiger partial charge in [0.1, 0.15) is 6.04 Å². The summed E-state index contributed by atoms with van der Waals surface area (Å²) < 4.78 is 0. The fourth-order valence-electron chi connectivity index (χ4n) is 4.15. The second-order valence-corrected chi connectivity index (χ2v) is 7.90. The lowest BCUT2D eigenvalue weighted by atomic mass is 9.98. The maximum Gasteiger partial charge on any atom is 0.255 e. The highest BCUT2D eigenvalue weighted by molar-refractivity contribution is 6.05. The highest BCUT2D eigenvalue weighted by Gasteiger charge is 2.40. The SMILES string of the molecule is CN(CCC1CNC1)Cc1cccc2c1C(=O)N(C1CCC(=O)NC1=O)C2. The number of amides is 3.